The van der Waals surface area contributed by atoms with E-state index in [1.54, 1.807) is 0 Å². The average Bonchev–Trinajstić information content (AvgIpc) is 2.99. The minimum absolute atomic E-state index is 1.12. The number of nitrogens with zero attached hydrogens (tertiary/aromatic N) is 1. The van der Waals surface area contributed by atoms with E-state index in [4.69, 9.17) is 0 Å². The summed E-state index contributed by atoms with van der Waals surface area (Å²) in [6.07, 6.45) is 0. The molecule has 4 aromatic rings. The molecular weight excluding hydrogens is 314 g/mol. The van der Waals surface area contributed by atoms with Crippen molar-refractivity contribution in [2.45, 2.75) is 0 Å². The fourth-order valence-corrected chi connectivity index (χ4v) is 3.99. The minimum Gasteiger partial charge on any atom is -0.344 e. The lowest BCUT2D eigenvalue weighted by molar-refractivity contribution is 1.22. The molecule has 0 heterocycles. The summed E-state index contributed by atoms with van der Waals surface area (Å²) in [6, 6.07) is 30.2. The number of anilines is 2. The van der Waals surface area contributed by atoms with Gasteiger partial charge in [0.1, 0.15) is 0 Å². The van der Waals surface area contributed by atoms with Crippen LogP contribution in [0, 0.1) is 0 Å². The molecule has 5 rings (SSSR count). The molecule has 0 aliphatic heterocycles. The molecule has 26 heavy (non-hydrogen) atoms. The Bertz CT molecular complexity index is 1160. The van der Waals surface area contributed by atoms with Crippen LogP contribution in [0.4, 0.5) is 11.4 Å². The zero-order valence-corrected chi connectivity index (χ0v) is 14.7. The number of hydrogen-bond donors (Lipinski definition) is 0. The minimum atomic E-state index is 1.12. The molecule has 0 N–H and O–H groups in total. The standard InChI is InChI=1S/C25H19N/c1-17-20-10-5-6-12-23(20)24-16-19(14-15-21(17)24)26(2)25-13-7-9-18-8-3-4-11-22(18)25/h3-16H,1H2,2H3. The summed E-state index contributed by atoms with van der Waals surface area (Å²) in [7, 11) is 2.14. The first-order valence-corrected chi connectivity index (χ1v) is 8.88. The van der Waals surface area contributed by atoms with Crippen LogP contribution in [0.2, 0.25) is 0 Å². The molecule has 0 saturated carbocycles. The molecule has 0 fully saturated rings. The second-order valence-electron chi connectivity index (χ2n) is 6.81. The summed E-state index contributed by atoms with van der Waals surface area (Å²) in [5, 5.41) is 2.53. The van der Waals surface area contributed by atoms with E-state index in [9.17, 15) is 0 Å². The highest BCUT2D eigenvalue weighted by atomic mass is 15.1. The number of hydrogen-bond acceptors (Lipinski definition) is 1. The van der Waals surface area contributed by atoms with E-state index in [0.717, 1.165) is 5.57 Å². The van der Waals surface area contributed by atoms with Gasteiger partial charge < -0.3 is 4.90 Å². The van der Waals surface area contributed by atoms with E-state index < -0.39 is 0 Å². The lowest BCUT2D eigenvalue weighted by Gasteiger charge is -2.22. The highest BCUT2D eigenvalue weighted by molar-refractivity contribution is 6.02. The second kappa shape index (κ2) is 5.60. The van der Waals surface area contributed by atoms with Crippen LogP contribution >= 0.6 is 0 Å². The summed E-state index contributed by atoms with van der Waals surface area (Å²) >= 11 is 0. The van der Waals surface area contributed by atoms with Crippen molar-refractivity contribution in [3.05, 3.63) is 103 Å². The van der Waals surface area contributed by atoms with Crippen LogP contribution in [0.15, 0.2) is 91.5 Å². The molecule has 1 aliphatic carbocycles. The van der Waals surface area contributed by atoms with Crippen molar-refractivity contribution in [3.8, 4) is 11.1 Å². The third kappa shape index (κ3) is 2.11. The van der Waals surface area contributed by atoms with Crippen molar-refractivity contribution in [3.63, 3.8) is 0 Å². The summed E-state index contributed by atoms with van der Waals surface area (Å²) in [5.74, 6) is 0. The van der Waals surface area contributed by atoms with Crippen molar-refractivity contribution in [2.24, 2.45) is 0 Å². The third-order valence-corrected chi connectivity index (χ3v) is 5.39. The Balaban J connectivity index is 1.66. The first kappa shape index (κ1) is 15.0. The molecule has 0 radical (unpaired) electrons. The Labute approximate surface area is 153 Å². The summed E-state index contributed by atoms with van der Waals surface area (Å²) in [6.45, 7) is 4.30. The Morgan fingerprint density at radius 1 is 0.654 bits per heavy atom. The van der Waals surface area contributed by atoms with Gasteiger partial charge in [0.15, 0.2) is 0 Å². The molecule has 0 atom stereocenters. The van der Waals surface area contributed by atoms with Crippen LogP contribution in [-0.4, -0.2) is 7.05 Å². The molecule has 0 amide bonds. The Kier molecular flexibility index (Phi) is 3.23. The highest BCUT2D eigenvalue weighted by Gasteiger charge is 2.22. The second-order valence-corrected chi connectivity index (χ2v) is 6.81. The van der Waals surface area contributed by atoms with Gasteiger partial charge in [-0.25, -0.2) is 0 Å². The summed E-state index contributed by atoms with van der Waals surface area (Å²) < 4.78 is 0. The fraction of sp³-hybridized carbons (Fsp3) is 0.0400. The molecule has 0 aromatic heterocycles. The molecule has 0 unspecified atom stereocenters. The quantitative estimate of drug-likeness (QED) is 0.349. The van der Waals surface area contributed by atoms with Gasteiger partial charge in [-0.1, -0.05) is 73.3 Å². The molecule has 0 saturated heterocycles. The number of rotatable bonds is 2. The van der Waals surface area contributed by atoms with E-state index in [0.29, 0.717) is 0 Å². The van der Waals surface area contributed by atoms with Crippen LogP contribution in [0.5, 0.6) is 0 Å². The molecular formula is C25H19N. The van der Waals surface area contributed by atoms with Gasteiger partial charge >= 0.3 is 0 Å². The average molecular weight is 333 g/mol. The predicted octanol–water partition coefficient (Wildman–Crippen LogP) is 6.65. The molecule has 1 nitrogen and oxygen atoms in total. The zero-order chi connectivity index (χ0) is 17.7. The zero-order valence-electron chi connectivity index (χ0n) is 14.7. The molecule has 1 heteroatoms. The van der Waals surface area contributed by atoms with Gasteiger partial charge in [0, 0.05) is 23.8 Å². The maximum atomic E-state index is 4.30. The first-order valence-electron chi connectivity index (χ1n) is 8.88. The van der Waals surface area contributed by atoms with Gasteiger partial charge in [0.25, 0.3) is 0 Å². The van der Waals surface area contributed by atoms with Crippen LogP contribution in [0.3, 0.4) is 0 Å². The number of benzene rings is 4. The first-order chi connectivity index (χ1) is 12.7. The van der Waals surface area contributed by atoms with Gasteiger partial charge in [-0.15, -0.1) is 0 Å². The summed E-state index contributed by atoms with van der Waals surface area (Å²) in [5.41, 5.74) is 8.55. The van der Waals surface area contributed by atoms with Crippen molar-refractivity contribution in [2.75, 3.05) is 11.9 Å². The molecule has 4 aromatic carbocycles. The van der Waals surface area contributed by atoms with E-state index in [1.165, 1.54) is 44.4 Å². The van der Waals surface area contributed by atoms with E-state index in [1.807, 2.05) is 0 Å². The maximum absolute atomic E-state index is 4.30. The van der Waals surface area contributed by atoms with E-state index in [2.05, 4.69) is 103 Å². The van der Waals surface area contributed by atoms with Crippen molar-refractivity contribution in [1.29, 1.82) is 0 Å². The van der Waals surface area contributed by atoms with Gasteiger partial charge in [-0.2, -0.15) is 0 Å². The topological polar surface area (TPSA) is 3.24 Å². The van der Waals surface area contributed by atoms with Gasteiger partial charge in [-0.05, 0) is 51.4 Å². The lowest BCUT2D eigenvalue weighted by atomic mass is 10.0. The molecule has 0 bridgehead atoms. The predicted molar refractivity (Wildman–Crippen MR) is 112 cm³/mol. The van der Waals surface area contributed by atoms with Crippen molar-refractivity contribution >= 4 is 27.7 Å². The fourth-order valence-electron chi connectivity index (χ4n) is 3.99. The molecule has 1 aliphatic rings. The SMILES string of the molecule is C=C1c2ccccc2-c2cc(N(C)c3cccc4ccccc34)ccc21. The summed E-state index contributed by atoms with van der Waals surface area (Å²) in [4.78, 5) is 2.27. The van der Waals surface area contributed by atoms with Crippen LogP contribution in [0.25, 0.3) is 27.5 Å². The monoisotopic (exact) mass is 333 g/mol. The van der Waals surface area contributed by atoms with Gasteiger partial charge in [0.2, 0.25) is 0 Å². The van der Waals surface area contributed by atoms with Crippen molar-refractivity contribution < 1.29 is 0 Å². The van der Waals surface area contributed by atoms with Crippen LogP contribution in [-0.2, 0) is 0 Å². The Morgan fingerprint density at radius 3 is 2.23 bits per heavy atom. The van der Waals surface area contributed by atoms with Gasteiger partial charge in [-0.3, -0.25) is 0 Å². The normalized spacial score (nSPS) is 12.1. The van der Waals surface area contributed by atoms with Crippen molar-refractivity contribution in [1.82, 2.24) is 0 Å². The Morgan fingerprint density at radius 2 is 1.35 bits per heavy atom. The Hall–Kier alpha value is -3.32. The van der Waals surface area contributed by atoms with Crippen LogP contribution < -0.4 is 4.90 Å². The maximum Gasteiger partial charge on any atom is 0.0487 e. The van der Waals surface area contributed by atoms with E-state index >= 15 is 0 Å². The highest BCUT2D eigenvalue weighted by Crippen LogP contribution is 2.45. The molecule has 0 spiro atoms. The van der Waals surface area contributed by atoms with Crippen LogP contribution in [0.1, 0.15) is 11.1 Å². The van der Waals surface area contributed by atoms with Gasteiger partial charge in [0.05, 0.1) is 0 Å². The smallest absolute Gasteiger partial charge is 0.0487 e. The van der Waals surface area contributed by atoms with E-state index in [-0.39, 0.29) is 0 Å². The largest absolute Gasteiger partial charge is 0.344 e. The number of fused-ring (bicyclic) bond motifs is 4. The third-order valence-electron chi connectivity index (χ3n) is 5.39. The lowest BCUT2D eigenvalue weighted by Crippen LogP contribution is -2.10. The molecule has 124 valence electrons.